The Morgan fingerprint density at radius 3 is 2.71 bits per heavy atom. The zero-order valence-corrected chi connectivity index (χ0v) is 16.6. The number of aromatic amines is 1. The number of nitrogens with one attached hydrogen (secondary N) is 2. The molecule has 6 heteroatoms. The Kier molecular flexibility index (Phi) is 5.13. The van der Waals surface area contributed by atoms with E-state index in [-0.39, 0.29) is 12.5 Å². The molecule has 2 aliphatic rings. The summed E-state index contributed by atoms with van der Waals surface area (Å²) in [5.74, 6) is 1.57. The van der Waals surface area contributed by atoms with Crippen LogP contribution in [0.5, 0.6) is 5.75 Å². The van der Waals surface area contributed by atoms with E-state index in [1.807, 2.05) is 32.0 Å². The van der Waals surface area contributed by atoms with Crippen LogP contribution in [0.4, 0.5) is 4.39 Å². The van der Waals surface area contributed by atoms with Crippen molar-refractivity contribution in [3.63, 3.8) is 0 Å². The number of halogens is 1. The van der Waals surface area contributed by atoms with Gasteiger partial charge in [0.2, 0.25) is 0 Å². The quantitative estimate of drug-likeness (QED) is 0.673. The van der Waals surface area contributed by atoms with Crippen LogP contribution in [0, 0.1) is 12.8 Å². The number of nitrogens with zero attached hydrogens (tertiary/aromatic N) is 1. The highest BCUT2D eigenvalue weighted by Crippen LogP contribution is 2.45. The number of alkyl halides is 1. The molecule has 0 saturated heterocycles. The summed E-state index contributed by atoms with van der Waals surface area (Å²) in [7, 11) is 0. The fourth-order valence-corrected chi connectivity index (χ4v) is 3.82. The summed E-state index contributed by atoms with van der Waals surface area (Å²) < 4.78 is 18.2. The van der Waals surface area contributed by atoms with Crippen molar-refractivity contribution in [1.29, 1.82) is 0 Å². The minimum absolute atomic E-state index is 0.0106. The molecule has 2 aliphatic carbocycles. The van der Waals surface area contributed by atoms with Gasteiger partial charge in [0.05, 0.1) is 11.2 Å². The van der Waals surface area contributed by atoms with Crippen molar-refractivity contribution in [3.8, 4) is 5.75 Å². The molecule has 1 heterocycles. The highest BCUT2D eigenvalue weighted by molar-refractivity contribution is 5.95. The second-order valence-corrected chi connectivity index (χ2v) is 8.43. The molecular weight excluding hydrogens is 357 g/mol. The van der Waals surface area contributed by atoms with E-state index in [0.29, 0.717) is 23.1 Å². The first kappa shape index (κ1) is 19.0. The molecule has 0 bridgehead atoms. The smallest absolute Gasteiger partial charge is 0.252 e. The number of rotatable bonds is 9. The largest absolute Gasteiger partial charge is 0.491 e. The first-order chi connectivity index (χ1) is 13.5. The van der Waals surface area contributed by atoms with Crippen LogP contribution in [0.25, 0.3) is 0 Å². The maximum absolute atomic E-state index is 13.1. The lowest BCUT2D eigenvalue weighted by molar-refractivity contribution is 0.0893. The summed E-state index contributed by atoms with van der Waals surface area (Å²) in [6.45, 7) is 3.47. The molecule has 2 saturated carbocycles. The van der Waals surface area contributed by atoms with Gasteiger partial charge in [0.1, 0.15) is 19.0 Å². The molecule has 0 spiro atoms. The van der Waals surface area contributed by atoms with E-state index < -0.39 is 12.2 Å². The predicted octanol–water partition coefficient (Wildman–Crippen LogP) is 4.39. The second-order valence-electron chi connectivity index (χ2n) is 8.43. The third-order valence-electron chi connectivity index (χ3n) is 5.68. The molecule has 4 rings (SSSR count). The average molecular weight is 385 g/mol. The number of hydrogen-bond acceptors (Lipinski definition) is 3. The molecule has 0 aliphatic heterocycles. The molecule has 0 unspecified atom stereocenters. The molecule has 1 aromatic heterocycles. The van der Waals surface area contributed by atoms with Crippen molar-refractivity contribution in [1.82, 2.24) is 15.5 Å². The van der Waals surface area contributed by atoms with E-state index in [0.717, 1.165) is 36.2 Å². The van der Waals surface area contributed by atoms with E-state index in [1.165, 1.54) is 12.8 Å². The second kappa shape index (κ2) is 7.57. The van der Waals surface area contributed by atoms with Crippen LogP contribution in [0.3, 0.4) is 0 Å². The summed E-state index contributed by atoms with van der Waals surface area (Å²) in [5.41, 5.74) is 2.91. The number of ether oxygens (including phenoxy) is 1. The summed E-state index contributed by atoms with van der Waals surface area (Å²) in [4.78, 5) is 13.1. The topological polar surface area (TPSA) is 67.0 Å². The van der Waals surface area contributed by atoms with Gasteiger partial charge in [-0.25, -0.2) is 4.39 Å². The number of H-pyrrole nitrogens is 1. The summed E-state index contributed by atoms with van der Waals surface area (Å²) in [6, 6.07) is 7.55. The van der Waals surface area contributed by atoms with Gasteiger partial charge in [-0.2, -0.15) is 5.10 Å². The minimum atomic E-state index is -0.543. The molecule has 5 nitrogen and oxygen atoms in total. The lowest BCUT2D eigenvalue weighted by atomic mass is 9.90. The lowest BCUT2D eigenvalue weighted by Gasteiger charge is -2.29. The van der Waals surface area contributed by atoms with Crippen LogP contribution in [0.2, 0.25) is 0 Å². The summed E-state index contributed by atoms with van der Waals surface area (Å²) in [6.07, 6.45) is 5.51. The van der Waals surface area contributed by atoms with Crippen molar-refractivity contribution in [2.45, 2.75) is 57.4 Å². The molecule has 28 heavy (non-hydrogen) atoms. The molecular formula is C22H28FN3O2. The maximum Gasteiger partial charge on any atom is 0.252 e. The minimum Gasteiger partial charge on any atom is -0.491 e. The van der Waals surface area contributed by atoms with Crippen molar-refractivity contribution >= 4 is 5.91 Å². The molecule has 1 amide bonds. The van der Waals surface area contributed by atoms with Crippen LogP contribution in [-0.2, 0) is 5.54 Å². The SMILES string of the molecule is Cc1cc([C@](C)(CC2CC2)NC(=O)c2ccc(C3CC3)c(OCCF)c2)n[nH]1. The summed E-state index contributed by atoms with van der Waals surface area (Å²) in [5, 5.41) is 10.6. The van der Waals surface area contributed by atoms with Crippen molar-refractivity contribution in [2.24, 2.45) is 5.92 Å². The van der Waals surface area contributed by atoms with Crippen LogP contribution >= 0.6 is 0 Å². The Labute approximate surface area is 165 Å². The molecule has 150 valence electrons. The van der Waals surface area contributed by atoms with E-state index in [9.17, 15) is 9.18 Å². The van der Waals surface area contributed by atoms with Crippen molar-refractivity contribution in [2.75, 3.05) is 13.3 Å². The number of aromatic nitrogens is 2. The van der Waals surface area contributed by atoms with Gasteiger partial charge in [-0.05, 0) is 68.7 Å². The first-order valence-electron chi connectivity index (χ1n) is 10.2. The van der Waals surface area contributed by atoms with E-state index >= 15 is 0 Å². The summed E-state index contributed by atoms with van der Waals surface area (Å²) >= 11 is 0. The van der Waals surface area contributed by atoms with Gasteiger partial charge in [-0.3, -0.25) is 9.89 Å². The number of carbonyl (C=O) groups is 1. The number of carbonyl (C=O) groups excluding carboxylic acids is 1. The van der Waals surface area contributed by atoms with Crippen molar-refractivity contribution < 1.29 is 13.9 Å². The molecule has 1 aromatic carbocycles. The Balaban J connectivity index is 1.56. The van der Waals surface area contributed by atoms with Gasteiger partial charge in [0, 0.05) is 11.3 Å². The van der Waals surface area contributed by atoms with Crippen molar-refractivity contribution in [3.05, 3.63) is 46.8 Å². The predicted molar refractivity (Wildman–Crippen MR) is 105 cm³/mol. The van der Waals surface area contributed by atoms with Gasteiger partial charge >= 0.3 is 0 Å². The van der Waals surface area contributed by atoms with Crippen LogP contribution in [0.1, 0.15) is 72.3 Å². The van der Waals surface area contributed by atoms with Gasteiger partial charge in [-0.15, -0.1) is 0 Å². The standard InChI is InChI=1S/C22H28FN3O2/c1-14-11-20(26-25-14)22(2,13-15-3-4-15)24-21(27)17-7-8-18(16-5-6-16)19(12-17)28-10-9-23/h7-8,11-12,15-16H,3-6,9-10,13H2,1-2H3,(H,24,27)(H,25,26)/t22-/m0/s1. The fraction of sp³-hybridized carbons (Fsp3) is 0.545. The van der Waals surface area contributed by atoms with E-state index in [1.54, 1.807) is 6.07 Å². The molecule has 2 fully saturated rings. The van der Waals surface area contributed by atoms with Gasteiger partial charge in [0.25, 0.3) is 5.91 Å². The Hall–Kier alpha value is -2.37. The normalized spacial score (nSPS) is 18.5. The molecule has 2 aromatic rings. The number of amides is 1. The Morgan fingerprint density at radius 1 is 1.32 bits per heavy atom. The zero-order valence-electron chi connectivity index (χ0n) is 16.6. The van der Waals surface area contributed by atoms with Gasteiger partial charge in [0.15, 0.2) is 0 Å². The molecule has 2 N–H and O–H groups in total. The zero-order chi connectivity index (χ0) is 19.7. The van der Waals surface area contributed by atoms with Crippen LogP contribution in [-0.4, -0.2) is 29.4 Å². The fourth-order valence-electron chi connectivity index (χ4n) is 3.82. The monoisotopic (exact) mass is 385 g/mol. The number of hydrogen-bond donors (Lipinski definition) is 2. The highest BCUT2D eigenvalue weighted by Gasteiger charge is 2.38. The highest BCUT2D eigenvalue weighted by atomic mass is 19.1. The third-order valence-corrected chi connectivity index (χ3v) is 5.68. The number of benzene rings is 1. The van der Waals surface area contributed by atoms with Crippen LogP contribution in [0.15, 0.2) is 24.3 Å². The average Bonchev–Trinajstić information content (AvgIpc) is 3.60. The lowest BCUT2D eigenvalue weighted by Crippen LogP contribution is -2.44. The maximum atomic E-state index is 13.1. The first-order valence-corrected chi connectivity index (χ1v) is 10.2. The number of aryl methyl sites for hydroxylation is 1. The molecule has 0 radical (unpaired) electrons. The van der Waals surface area contributed by atoms with Gasteiger partial charge in [-0.1, -0.05) is 18.9 Å². The molecule has 1 atom stereocenters. The third kappa shape index (κ3) is 4.21. The Bertz CT molecular complexity index is 857. The Morgan fingerprint density at radius 2 is 2.11 bits per heavy atom. The van der Waals surface area contributed by atoms with E-state index in [4.69, 9.17) is 4.74 Å². The van der Waals surface area contributed by atoms with Crippen LogP contribution < -0.4 is 10.1 Å². The van der Waals surface area contributed by atoms with E-state index in [2.05, 4.69) is 15.5 Å². The van der Waals surface area contributed by atoms with Gasteiger partial charge < -0.3 is 10.1 Å².